The molecule has 0 amide bonds. The Labute approximate surface area is 67.3 Å². The first-order valence-electron chi connectivity index (χ1n) is 3.10. The smallest absolute Gasteiger partial charge is 0.325 e. The number of aromatic hydroxyl groups is 2. The van der Waals surface area contributed by atoms with Gasteiger partial charge in [-0.15, -0.1) is 15.0 Å². The van der Waals surface area contributed by atoms with Crippen LogP contribution in [0.25, 0.3) is 0 Å². The third-order valence-corrected chi connectivity index (χ3v) is 0.914. The summed E-state index contributed by atoms with van der Waals surface area (Å²) < 4.78 is 4.68. The minimum Gasteiger partial charge on any atom is -0.479 e. The first-order chi connectivity index (χ1) is 5.72. The number of aromatic nitrogens is 3. The van der Waals surface area contributed by atoms with Gasteiger partial charge in [-0.2, -0.15) is 0 Å². The minimum atomic E-state index is -0.629. The van der Waals surface area contributed by atoms with Gasteiger partial charge in [-0.1, -0.05) is 0 Å². The molecular weight excluding hydrogens is 166 g/mol. The molecule has 7 heteroatoms. The molecule has 1 rings (SSSR count). The maximum atomic E-state index is 8.73. The zero-order chi connectivity index (χ0) is 8.97. The maximum absolute atomic E-state index is 8.73. The molecule has 1 aromatic rings. The van der Waals surface area contributed by atoms with Gasteiger partial charge in [-0.05, 0) is 0 Å². The molecule has 1 heterocycles. The van der Waals surface area contributed by atoms with Gasteiger partial charge in [-0.25, -0.2) is 0 Å². The summed E-state index contributed by atoms with van der Waals surface area (Å²) in [5, 5.41) is 25.8. The standard InChI is InChI=1S/C5H7N3O4/c9-1-2-12-5-7-3(10)6-4(11)8-5/h9H,1-2H2,(H2,6,7,8,10,11). The summed E-state index contributed by atoms with van der Waals surface area (Å²) in [7, 11) is 0. The molecule has 0 bridgehead atoms. The summed E-state index contributed by atoms with van der Waals surface area (Å²) in [6.45, 7) is -0.212. The first-order valence-corrected chi connectivity index (χ1v) is 3.10. The predicted molar refractivity (Wildman–Crippen MR) is 35.7 cm³/mol. The van der Waals surface area contributed by atoms with E-state index in [1.165, 1.54) is 0 Å². The molecule has 1 aromatic heterocycles. The molecule has 0 aliphatic rings. The van der Waals surface area contributed by atoms with E-state index in [-0.39, 0.29) is 19.2 Å². The van der Waals surface area contributed by atoms with E-state index < -0.39 is 12.0 Å². The molecule has 0 spiro atoms. The predicted octanol–water partition coefficient (Wildman–Crippen LogP) is -1.35. The van der Waals surface area contributed by atoms with E-state index in [1.807, 2.05) is 0 Å². The lowest BCUT2D eigenvalue weighted by atomic mass is 10.8. The molecule has 66 valence electrons. The van der Waals surface area contributed by atoms with Crippen molar-refractivity contribution in [1.82, 2.24) is 15.0 Å². The number of rotatable bonds is 3. The molecule has 0 saturated heterocycles. The van der Waals surface area contributed by atoms with Crippen LogP contribution in [-0.4, -0.2) is 43.5 Å². The van der Waals surface area contributed by atoms with Crippen LogP contribution in [0.1, 0.15) is 0 Å². The summed E-state index contributed by atoms with van der Waals surface area (Å²) in [5.41, 5.74) is 0. The fourth-order valence-electron chi connectivity index (χ4n) is 0.537. The number of aliphatic hydroxyl groups excluding tert-OH is 1. The Morgan fingerprint density at radius 2 is 1.67 bits per heavy atom. The molecule has 0 saturated carbocycles. The van der Waals surface area contributed by atoms with Gasteiger partial charge in [0, 0.05) is 0 Å². The Morgan fingerprint density at radius 1 is 1.08 bits per heavy atom. The van der Waals surface area contributed by atoms with Crippen molar-refractivity contribution in [2.75, 3.05) is 13.2 Å². The van der Waals surface area contributed by atoms with Gasteiger partial charge < -0.3 is 20.1 Å². The number of hydrogen-bond acceptors (Lipinski definition) is 7. The Hall–Kier alpha value is -1.63. The highest BCUT2D eigenvalue weighted by Crippen LogP contribution is 2.10. The second kappa shape index (κ2) is 3.67. The van der Waals surface area contributed by atoms with Gasteiger partial charge in [0.05, 0.1) is 6.61 Å². The van der Waals surface area contributed by atoms with E-state index in [4.69, 9.17) is 15.3 Å². The van der Waals surface area contributed by atoms with Crippen LogP contribution in [0.5, 0.6) is 18.0 Å². The molecule has 0 aliphatic carbocycles. The van der Waals surface area contributed by atoms with Crippen molar-refractivity contribution in [2.24, 2.45) is 0 Å². The second-order valence-electron chi connectivity index (χ2n) is 1.79. The number of aliphatic hydroxyl groups is 1. The fourth-order valence-corrected chi connectivity index (χ4v) is 0.537. The topological polar surface area (TPSA) is 109 Å². The molecular formula is C5H7N3O4. The second-order valence-corrected chi connectivity index (χ2v) is 1.79. The van der Waals surface area contributed by atoms with E-state index in [1.54, 1.807) is 0 Å². The summed E-state index contributed by atoms with van der Waals surface area (Å²) in [4.78, 5) is 9.71. The number of hydrogen-bond donors (Lipinski definition) is 3. The van der Waals surface area contributed by atoms with Crippen LogP contribution < -0.4 is 4.74 Å². The largest absolute Gasteiger partial charge is 0.479 e. The summed E-state index contributed by atoms with van der Waals surface area (Å²) in [6.07, 6.45) is 0. The Morgan fingerprint density at radius 3 is 2.17 bits per heavy atom. The van der Waals surface area contributed by atoms with Crippen molar-refractivity contribution in [1.29, 1.82) is 0 Å². The van der Waals surface area contributed by atoms with Crippen LogP contribution in [-0.2, 0) is 0 Å². The van der Waals surface area contributed by atoms with Crippen LogP contribution in [0.3, 0.4) is 0 Å². The highest BCUT2D eigenvalue weighted by Gasteiger charge is 2.03. The number of nitrogens with zero attached hydrogens (tertiary/aromatic N) is 3. The molecule has 12 heavy (non-hydrogen) atoms. The third kappa shape index (κ3) is 2.20. The van der Waals surface area contributed by atoms with E-state index in [2.05, 4.69) is 19.7 Å². The lowest BCUT2D eigenvalue weighted by Crippen LogP contribution is -2.05. The van der Waals surface area contributed by atoms with E-state index >= 15 is 0 Å². The Bertz CT molecular complexity index is 247. The lowest BCUT2D eigenvalue weighted by molar-refractivity contribution is 0.187. The third-order valence-electron chi connectivity index (χ3n) is 0.914. The van der Waals surface area contributed by atoms with Crippen LogP contribution in [0, 0.1) is 0 Å². The fraction of sp³-hybridized carbons (Fsp3) is 0.400. The monoisotopic (exact) mass is 173 g/mol. The SMILES string of the molecule is OCCOc1nc(O)nc(O)n1. The molecule has 0 unspecified atom stereocenters. The molecule has 0 fully saturated rings. The van der Waals surface area contributed by atoms with Gasteiger partial charge in [0.1, 0.15) is 6.61 Å². The van der Waals surface area contributed by atoms with Gasteiger partial charge in [0.2, 0.25) is 0 Å². The normalized spacial score (nSPS) is 9.75. The van der Waals surface area contributed by atoms with E-state index in [0.29, 0.717) is 0 Å². The average molecular weight is 173 g/mol. The van der Waals surface area contributed by atoms with Crippen molar-refractivity contribution in [2.45, 2.75) is 0 Å². The van der Waals surface area contributed by atoms with Crippen LogP contribution in [0.4, 0.5) is 0 Å². The Balaban J connectivity index is 2.72. The van der Waals surface area contributed by atoms with Crippen molar-refractivity contribution >= 4 is 0 Å². The highest BCUT2D eigenvalue weighted by atomic mass is 16.5. The van der Waals surface area contributed by atoms with Crippen molar-refractivity contribution in [3.05, 3.63) is 0 Å². The van der Waals surface area contributed by atoms with Gasteiger partial charge in [-0.3, -0.25) is 0 Å². The van der Waals surface area contributed by atoms with Gasteiger partial charge in [0.25, 0.3) is 0 Å². The molecule has 0 aromatic carbocycles. The molecule has 0 radical (unpaired) electrons. The molecule has 0 aliphatic heterocycles. The van der Waals surface area contributed by atoms with Crippen LogP contribution in [0.15, 0.2) is 0 Å². The van der Waals surface area contributed by atoms with E-state index in [0.717, 1.165) is 0 Å². The quantitative estimate of drug-likeness (QED) is 0.518. The number of ether oxygens (including phenoxy) is 1. The Kier molecular flexibility index (Phi) is 2.59. The maximum Gasteiger partial charge on any atom is 0.325 e. The summed E-state index contributed by atoms with van der Waals surface area (Å²) in [5.74, 6) is 0. The molecule has 3 N–H and O–H groups in total. The van der Waals surface area contributed by atoms with Gasteiger partial charge in [0.15, 0.2) is 0 Å². The van der Waals surface area contributed by atoms with Crippen molar-refractivity contribution in [3.8, 4) is 18.0 Å². The first kappa shape index (κ1) is 8.47. The van der Waals surface area contributed by atoms with Gasteiger partial charge >= 0.3 is 18.0 Å². The zero-order valence-corrected chi connectivity index (χ0v) is 6.01. The molecule has 0 atom stereocenters. The van der Waals surface area contributed by atoms with Crippen molar-refractivity contribution in [3.63, 3.8) is 0 Å². The highest BCUT2D eigenvalue weighted by molar-refractivity contribution is 5.05. The molecule has 7 nitrogen and oxygen atoms in total. The minimum absolute atomic E-state index is 0.0110. The average Bonchev–Trinajstić information content (AvgIpc) is 1.99. The van der Waals surface area contributed by atoms with Crippen molar-refractivity contribution < 1.29 is 20.1 Å². The summed E-state index contributed by atoms with van der Waals surface area (Å²) >= 11 is 0. The zero-order valence-electron chi connectivity index (χ0n) is 6.01. The van der Waals surface area contributed by atoms with Crippen LogP contribution >= 0.6 is 0 Å². The van der Waals surface area contributed by atoms with Crippen LogP contribution in [0.2, 0.25) is 0 Å². The lowest BCUT2D eigenvalue weighted by Gasteiger charge is -2.00. The summed E-state index contributed by atoms with van der Waals surface area (Å²) in [6, 6.07) is -1.49. The van der Waals surface area contributed by atoms with E-state index in [9.17, 15) is 0 Å².